The molecule has 4 nitrogen and oxygen atoms in total. The van der Waals surface area contributed by atoms with Crippen molar-refractivity contribution >= 4 is 0 Å². The summed E-state index contributed by atoms with van der Waals surface area (Å²) in [6, 6.07) is 5.57. The van der Waals surface area contributed by atoms with E-state index in [1.165, 1.54) is 6.42 Å². The molecule has 0 aliphatic rings. The first-order valence-corrected chi connectivity index (χ1v) is 10.0. The van der Waals surface area contributed by atoms with Gasteiger partial charge in [-0.2, -0.15) is 0 Å². The van der Waals surface area contributed by atoms with Gasteiger partial charge in [-0.3, -0.25) is 0 Å². The second kappa shape index (κ2) is 10.8. The first-order chi connectivity index (χ1) is 12.1. The van der Waals surface area contributed by atoms with Gasteiger partial charge in [0.25, 0.3) is 0 Å². The third-order valence-electron chi connectivity index (χ3n) is 4.78. The van der Waals surface area contributed by atoms with Crippen molar-refractivity contribution in [2.24, 2.45) is 17.6 Å². The summed E-state index contributed by atoms with van der Waals surface area (Å²) in [5.74, 6) is 1.86. The molecule has 0 saturated heterocycles. The van der Waals surface area contributed by atoms with Crippen LogP contribution in [-0.4, -0.2) is 28.5 Å². The first-order valence-electron chi connectivity index (χ1n) is 10.0. The highest BCUT2D eigenvalue weighted by molar-refractivity contribution is 5.42. The van der Waals surface area contributed by atoms with E-state index >= 15 is 0 Å². The van der Waals surface area contributed by atoms with Crippen LogP contribution < -0.4 is 10.5 Å². The third kappa shape index (κ3) is 8.41. The quantitative estimate of drug-likeness (QED) is 0.504. The van der Waals surface area contributed by atoms with Crippen molar-refractivity contribution < 1.29 is 14.9 Å². The molecule has 0 spiro atoms. The summed E-state index contributed by atoms with van der Waals surface area (Å²) in [4.78, 5) is 0. The largest absolute Gasteiger partial charge is 0.504 e. The van der Waals surface area contributed by atoms with E-state index in [-0.39, 0.29) is 18.5 Å². The van der Waals surface area contributed by atoms with Crippen LogP contribution in [0.1, 0.15) is 72.3 Å². The molecule has 0 aliphatic carbocycles. The van der Waals surface area contributed by atoms with Gasteiger partial charge in [0.15, 0.2) is 11.5 Å². The predicted molar refractivity (Wildman–Crippen MR) is 109 cm³/mol. The van der Waals surface area contributed by atoms with Crippen LogP contribution in [0, 0.1) is 11.8 Å². The standard InChI is InChI=1S/C22H39NO3/c1-16(2)7-6-8-18(5)26-21-10-9-19(13-20(21)25)11-12-22(23,15-24)14-17(3)4/h9-10,13,16-18,24-25H,6-8,11-12,14-15,23H2,1-5H3/t18?,22-/m0/s1. The molecule has 0 aliphatic heterocycles. The van der Waals surface area contributed by atoms with Crippen molar-refractivity contribution in [3.05, 3.63) is 23.8 Å². The Kier molecular flexibility index (Phi) is 9.45. The highest BCUT2D eigenvalue weighted by Crippen LogP contribution is 2.30. The average Bonchev–Trinajstić information content (AvgIpc) is 2.54. The van der Waals surface area contributed by atoms with E-state index in [0.29, 0.717) is 24.0 Å². The highest BCUT2D eigenvalue weighted by Gasteiger charge is 2.25. The summed E-state index contributed by atoms with van der Waals surface area (Å²) in [7, 11) is 0. The molecule has 0 saturated carbocycles. The van der Waals surface area contributed by atoms with Crippen molar-refractivity contribution in [1.29, 1.82) is 0 Å². The number of nitrogens with two attached hydrogens (primary N) is 1. The lowest BCUT2D eigenvalue weighted by molar-refractivity contribution is 0.165. The monoisotopic (exact) mass is 365 g/mol. The minimum absolute atomic E-state index is 0.0216. The topological polar surface area (TPSA) is 75.7 Å². The molecular formula is C22H39NO3. The molecule has 2 atom stereocenters. The van der Waals surface area contributed by atoms with Gasteiger partial charge in [-0.1, -0.05) is 40.2 Å². The number of benzene rings is 1. The van der Waals surface area contributed by atoms with Crippen LogP contribution in [0.25, 0.3) is 0 Å². The second-order valence-electron chi connectivity index (χ2n) is 8.67. The zero-order chi connectivity index (χ0) is 19.7. The maximum Gasteiger partial charge on any atom is 0.161 e. The van der Waals surface area contributed by atoms with Gasteiger partial charge < -0.3 is 20.7 Å². The molecule has 0 radical (unpaired) electrons. The molecule has 4 N–H and O–H groups in total. The molecule has 0 heterocycles. The molecule has 150 valence electrons. The fraction of sp³-hybridized carbons (Fsp3) is 0.727. The molecule has 1 unspecified atom stereocenters. The van der Waals surface area contributed by atoms with Crippen LogP contribution in [0.4, 0.5) is 0 Å². The number of phenolic OH excluding ortho intramolecular Hbond substituents is 1. The van der Waals surface area contributed by atoms with Crippen molar-refractivity contribution in [2.75, 3.05) is 6.61 Å². The van der Waals surface area contributed by atoms with E-state index < -0.39 is 5.54 Å². The molecule has 1 rings (SSSR count). The maximum atomic E-state index is 10.3. The van der Waals surface area contributed by atoms with Crippen molar-refractivity contribution in [2.45, 2.75) is 84.8 Å². The molecule has 0 aromatic heterocycles. The highest BCUT2D eigenvalue weighted by atomic mass is 16.5. The molecule has 26 heavy (non-hydrogen) atoms. The van der Waals surface area contributed by atoms with Crippen LogP contribution in [0.15, 0.2) is 18.2 Å². The summed E-state index contributed by atoms with van der Waals surface area (Å²) in [5.41, 5.74) is 6.75. The van der Waals surface area contributed by atoms with Gasteiger partial charge in [-0.15, -0.1) is 0 Å². The Morgan fingerprint density at radius 3 is 2.31 bits per heavy atom. The van der Waals surface area contributed by atoms with Crippen LogP contribution in [0.2, 0.25) is 0 Å². The van der Waals surface area contributed by atoms with E-state index in [2.05, 4.69) is 27.7 Å². The SMILES string of the molecule is CC(C)CCCC(C)Oc1ccc(CC[C@@](N)(CO)CC(C)C)cc1O. The van der Waals surface area contributed by atoms with Crippen LogP contribution >= 0.6 is 0 Å². The lowest BCUT2D eigenvalue weighted by Crippen LogP contribution is -2.45. The number of aromatic hydroxyl groups is 1. The fourth-order valence-electron chi connectivity index (χ4n) is 3.36. The summed E-state index contributed by atoms with van der Waals surface area (Å²) < 4.78 is 5.89. The number of aryl methyl sites for hydroxylation is 1. The Bertz CT molecular complexity index is 530. The van der Waals surface area contributed by atoms with E-state index in [0.717, 1.165) is 31.2 Å². The van der Waals surface area contributed by atoms with Crippen LogP contribution in [-0.2, 0) is 6.42 Å². The molecule has 4 heteroatoms. The molecule has 0 bridgehead atoms. The Morgan fingerprint density at radius 1 is 1.08 bits per heavy atom. The van der Waals surface area contributed by atoms with Crippen LogP contribution in [0.5, 0.6) is 11.5 Å². The molecule has 1 aromatic rings. The zero-order valence-corrected chi connectivity index (χ0v) is 17.3. The van der Waals surface area contributed by atoms with Gasteiger partial charge >= 0.3 is 0 Å². The normalized spacial score (nSPS) is 15.3. The Hall–Kier alpha value is -1.26. The summed E-state index contributed by atoms with van der Waals surface area (Å²) in [6.45, 7) is 10.7. The summed E-state index contributed by atoms with van der Waals surface area (Å²) in [6.07, 6.45) is 5.59. The third-order valence-corrected chi connectivity index (χ3v) is 4.78. The number of ether oxygens (including phenoxy) is 1. The molecule has 0 amide bonds. The smallest absolute Gasteiger partial charge is 0.161 e. The van der Waals surface area contributed by atoms with Gasteiger partial charge in [-0.25, -0.2) is 0 Å². The zero-order valence-electron chi connectivity index (χ0n) is 17.3. The predicted octanol–water partition coefficient (Wildman–Crippen LogP) is 4.65. The fourth-order valence-corrected chi connectivity index (χ4v) is 3.36. The molecule has 1 aromatic carbocycles. The van der Waals surface area contributed by atoms with Crippen molar-refractivity contribution in [1.82, 2.24) is 0 Å². The Balaban J connectivity index is 2.58. The molecular weight excluding hydrogens is 326 g/mol. The second-order valence-corrected chi connectivity index (χ2v) is 8.67. The summed E-state index contributed by atoms with van der Waals surface area (Å²) in [5, 5.41) is 19.9. The number of hydrogen-bond acceptors (Lipinski definition) is 4. The van der Waals surface area contributed by atoms with Crippen molar-refractivity contribution in [3.8, 4) is 11.5 Å². The number of aliphatic hydroxyl groups excluding tert-OH is 1. The average molecular weight is 366 g/mol. The van der Waals surface area contributed by atoms with Gasteiger partial charge in [0.2, 0.25) is 0 Å². The Labute approximate surface area is 159 Å². The van der Waals surface area contributed by atoms with E-state index in [1.54, 1.807) is 6.07 Å². The van der Waals surface area contributed by atoms with Crippen molar-refractivity contribution in [3.63, 3.8) is 0 Å². The first kappa shape index (κ1) is 22.8. The van der Waals surface area contributed by atoms with E-state index in [4.69, 9.17) is 10.5 Å². The number of hydrogen-bond donors (Lipinski definition) is 3. The van der Waals surface area contributed by atoms with Gasteiger partial charge in [0.05, 0.1) is 12.7 Å². The van der Waals surface area contributed by atoms with Gasteiger partial charge in [-0.05, 0) is 68.6 Å². The number of phenols is 1. The van der Waals surface area contributed by atoms with Gasteiger partial charge in [0, 0.05) is 5.54 Å². The minimum Gasteiger partial charge on any atom is -0.504 e. The number of rotatable bonds is 12. The summed E-state index contributed by atoms with van der Waals surface area (Å²) >= 11 is 0. The maximum absolute atomic E-state index is 10.3. The lowest BCUT2D eigenvalue weighted by atomic mass is 9.85. The van der Waals surface area contributed by atoms with Crippen LogP contribution in [0.3, 0.4) is 0 Å². The molecule has 0 fully saturated rings. The number of aliphatic hydroxyl groups is 1. The lowest BCUT2D eigenvalue weighted by Gasteiger charge is -2.29. The Morgan fingerprint density at radius 2 is 1.77 bits per heavy atom. The van der Waals surface area contributed by atoms with Gasteiger partial charge in [0.1, 0.15) is 0 Å². The van der Waals surface area contributed by atoms with E-state index in [1.807, 2.05) is 19.1 Å². The minimum atomic E-state index is -0.566. The van der Waals surface area contributed by atoms with E-state index in [9.17, 15) is 10.2 Å².